The fourth-order valence-electron chi connectivity index (χ4n) is 2.46. The quantitative estimate of drug-likeness (QED) is 0.887. The molecule has 0 saturated carbocycles. The molecule has 1 N–H and O–H groups in total. The summed E-state index contributed by atoms with van der Waals surface area (Å²) in [5.74, 6) is 0.358. The molecule has 3 rings (SSSR count). The van der Waals surface area contributed by atoms with Crippen LogP contribution >= 0.6 is 0 Å². The van der Waals surface area contributed by atoms with Crippen LogP contribution in [-0.2, 0) is 16.4 Å². The van der Waals surface area contributed by atoms with E-state index in [1.54, 1.807) is 0 Å². The average molecular weight is 292 g/mol. The van der Waals surface area contributed by atoms with Crippen LogP contribution in [0.15, 0.2) is 35.1 Å². The zero-order valence-corrected chi connectivity index (χ0v) is 11.8. The standard InChI is InChI=1S/C14H16N2O3S/c17-14-12(9-11-3-1-2-4-13(11)15-14)10-16-5-7-20(18,19)8-6-16/h1-4,9H,5-8,10H2,(H,15,17). The number of hydrogen-bond acceptors (Lipinski definition) is 4. The van der Waals surface area contributed by atoms with Crippen molar-refractivity contribution in [2.45, 2.75) is 6.54 Å². The number of para-hydroxylation sites is 1. The smallest absolute Gasteiger partial charge is 0.252 e. The van der Waals surface area contributed by atoms with Gasteiger partial charge in [0.2, 0.25) is 0 Å². The van der Waals surface area contributed by atoms with Gasteiger partial charge in [0.1, 0.15) is 0 Å². The van der Waals surface area contributed by atoms with Gasteiger partial charge in [-0.25, -0.2) is 8.42 Å². The fourth-order valence-corrected chi connectivity index (χ4v) is 3.74. The molecule has 0 aliphatic carbocycles. The highest BCUT2D eigenvalue weighted by molar-refractivity contribution is 7.91. The number of sulfone groups is 1. The number of benzene rings is 1. The van der Waals surface area contributed by atoms with Crippen molar-refractivity contribution in [2.75, 3.05) is 24.6 Å². The van der Waals surface area contributed by atoms with Gasteiger partial charge >= 0.3 is 0 Å². The van der Waals surface area contributed by atoms with Crippen LogP contribution < -0.4 is 5.56 Å². The number of rotatable bonds is 2. The summed E-state index contributed by atoms with van der Waals surface area (Å²) in [6.45, 7) is 1.49. The molecule has 5 nitrogen and oxygen atoms in total. The Morgan fingerprint density at radius 3 is 2.60 bits per heavy atom. The lowest BCUT2D eigenvalue weighted by Crippen LogP contribution is -2.40. The second-order valence-electron chi connectivity index (χ2n) is 5.14. The zero-order chi connectivity index (χ0) is 14.2. The average Bonchev–Trinajstić information content (AvgIpc) is 2.42. The minimum Gasteiger partial charge on any atom is -0.322 e. The van der Waals surface area contributed by atoms with Crippen molar-refractivity contribution < 1.29 is 8.42 Å². The summed E-state index contributed by atoms with van der Waals surface area (Å²) < 4.78 is 22.8. The Balaban J connectivity index is 1.84. The molecule has 2 heterocycles. The molecule has 1 aromatic carbocycles. The number of nitrogens with zero attached hydrogens (tertiary/aromatic N) is 1. The Morgan fingerprint density at radius 2 is 1.85 bits per heavy atom. The van der Waals surface area contributed by atoms with Gasteiger partial charge in [-0.1, -0.05) is 18.2 Å². The summed E-state index contributed by atoms with van der Waals surface area (Å²) in [6, 6.07) is 9.52. The first kappa shape index (κ1) is 13.3. The first-order chi connectivity index (χ1) is 9.53. The van der Waals surface area contributed by atoms with Crippen LogP contribution in [0.25, 0.3) is 10.9 Å². The van der Waals surface area contributed by atoms with Crippen molar-refractivity contribution in [1.82, 2.24) is 9.88 Å². The molecule has 1 aliphatic heterocycles. The van der Waals surface area contributed by atoms with E-state index in [0.717, 1.165) is 10.9 Å². The number of pyridine rings is 1. The van der Waals surface area contributed by atoms with Crippen molar-refractivity contribution in [2.24, 2.45) is 0 Å². The van der Waals surface area contributed by atoms with E-state index in [4.69, 9.17) is 0 Å². The number of H-pyrrole nitrogens is 1. The molecule has 1 aromatic heterocycles. The maximum atomic E-state index is 12.0. The van der Waals surface area contributed by atoms with Crippen LogP contribution in [0.4, 0.5) is 0 Å². The minimum absolute atomic E-state index is 0.0999. The number of fused-ring (bicyclic) bond motifs is 1. The predicted octanol–water partition coefficient (Wildman–Crippen LogP) is 0.758. The van der Waals surface area contributed by atoms with E-state index in [2.05, 4.69) is 4.98 Å². The molecule has 0 bridgehead atoms. The Labute approximate surface area is 117 Å². The lowest BCUT2D eigenvalue weighted by molar-refractivity contribution is 0.286. The molecule has 0 atom stereocenters. The summed E-state index contributed by atoms with van der Waals surface area (Å²) in [7, 11) is -2.88. The van der Waals surface area contributed by atoms with E-state index in [0.29, 0.717) is 25.2 Å². The van der Waals surface area contributed by atoms with E-state index in [9.17, 15) is 13.2 Å². The van der Waals surface area contributed by atoms with E-state index in [1.165, 1.54) is 0 Å². The second-order valence-corrected chi connectivity index (χ2v) is 7.44. The van der Waals surface area contributed by atoms with E-state index < -0.39 is 9.84 Å². The Hall–Kier alpha value is -1.66. The predicted molar refractivity (Wildman–Crippen MR) is 78.5 cm³/mol. The van der Waals surface area contributed by atoms with Gasteiger partial charge in [-0.05, 0) is 17.5 Å². The van der Waals surface area contributed by atoms with Crippen LogP contribution in [0.5, 0.6) is 0 Å². The second kappa shape index (κ2) is 5.03. The highest BCUT2D eigenvalue weighted by atomic mass is 32.2. The van der Waals surface area contributed by atoms with Gasteiger partial charge in [-0.3, -0.25) is 9.69 Å². The summed E-state index contributed by atoms with van der Waals surface area (Å²) in [4.78, 5) is 16.9. The lowest BCUT2D eigenvalue weighted by atomic mass is 10.1. The zero-order valence-electron chi connectivity index (χ0n) is 11.0. The third-order valence-corrected chi connectivity index (χ3v) is 5.27. The SMILES string of the molecule is O=c1[nH]c2ccccc2cc1CN1CCS(=O)(=O)CC1. The van der Waals surface area contributed by atoms with Gasteiger partial charge in [0, 0.05) is 30.7 Å². The summed E-state index contributed by atoms with van der Waals surface area (Å²) >= 11 is 0. The van der Waals surface area contributed by atoms with Gasteiger partial charge < -0.3 is 4.98 Å². The molecule has 1 aliphatic rings. The van der Waals surface area contributed by atoms with Crippen molar-refractivity contribution in [3.05, 3.63) is 46.2 Å². The lowest BCUT2D eigenvalue weighted by Gasteiger charge is -2.26. The van der Waals surface area contributed by atoms with Crippen molar-refractivity contribution >= 4 is 20.7 Å². The number of aromatic nitrogens is 1. The Morgan fingerprint density at radius 1 is 1.15 bits per heavy atom. The third kappa shape index (κ3) is 2.76. The minimum atomic E-state index is -2.88. The molecule has 1 fully saturated rings. The van der Waals surface area contributed by atoms with Gasteiger partial charge in [-0.2, -0.15) is 0 Å². The van der Waals surface area contributed by atoms with Crippen LogP contribution in [0.3, 0.4) is 0 Å². The van der Waals surface area contributed by atoms with Crippen molar-refractivity contribution in [3.63, 3.8) is 0 Å². The van der Waals surface area contributed by atoms with Crippen LogP contribution in [-0.4, -0.2) is 42.9 Å². The third-order valence-electron chi connectivity index (χ3n) is 3.66. The van der Waals surface area contributed by atoms with Crippen LogP contribution in [0.1, 0.15) is 5.56 Å². The first-order valence-corrected chi connectivity index (χ1v) is 8.39. The largest absolute Gasteiger partial charge is 0.322 e. The Kier molecular flexibility index (Phi) is 3.35. The molecule has 0 unspecified atom stereocenters. The monoisotopic (exact) mass is 292 g/mol. The van der Waals surface area contributed by atoms with Gasteiger partial charge in [0.05, 0.1) is 11.5 Å². The van der Waals surface area contributed by atoms with Gasteiger partial charge in [-0.15, -0.1) is 0 Å². The van der Waals surface area contributed by atoms with Gasteiger partial charge in [0.15, 0.2) is 9.84 Å². The molecule has 0 radical (unpaired) electrons. The molecule has 20 heavy (non-hydrogen) atoms. The maximum Gasteiger partial charge on any atom is 0.252 e. The molecule has 0 amide bonds. The summed E-state index contributed by atoms with van der Waals surface area (Å²) in [5, 5.41) is 0.992. The van der Waals surface area contributed by atoms with E-state index in [-0.39, 0.29) is 17.1 Å². The molecule has 106 valence electrons. The first-order valence-electron chi connectivity index (χ1n) is 6.57. The molecule has 2 aromatic rings. The van der Waals surface area contributed by atoms with Crippen LogP contribution in [0.2, 0.25) is 0 Å². The molecular formula is C14H16N2O3S. The summed E-state index contributed by atoms with van der Waals surface area (Å²) in [5.41, 5.74) is 1.41. The molecular weight excluding hydrogens is 276 g/mol. The molecule has 6 heteroatoms. The van der Waals surface area contributed by atoms with Gasteiger partial charge in [0.25, 0.3) is 5.56 Å². The highest BCUT2D eigenvalue weighted by Crippen LogP contribution is 2.12. The van der Waals surface area contributed by atoms with E-state index >= 15 is 0 Å². The number of nitrogens with one attached hydrogen (secondary N) is 1. The number of aromatic amines is 1. The fraction of sp³-hybridized carbons (Fsp3) is 0.357. The maximum absolute atomic E-state index is 12.0. The molecule has 0 spiro atoms. The van der Waals surface area contributed by atoms with Crippen LogP contribution in [0, 0.1) is 0 Å². The topological polar surface area (TPSA) is 70.2 Å². The highest BCUT2D eigenvalue weighted by Gasteiger charge is 2.22. The molecule has 1 saturated heterocycles. The Bertz CT molecular complexity index is 781. The number of hydrogen-bond donors (Lipinski definition) is 1. The normalized spacial score (nSPS) is 19.2. The van der Waals surface area contributed by atoms with Crippen molar-refractivity contribution in [1.29, 1.82) is 0 Å². The van der Waals surface area contributed by atoms with Crippen molar-refractivity contribution in [3.8, 4) is 0 Å². The summed E-state index contributed by atoms with van der Waals surface area (Å²) in [6.07, 6.45) is 0. The van der Waals surface area contributed by atoms with E-state index in [1.807, 2.05) is 35.2 Å².